The Morgan fingerprint density at radius 1 is 1.24 bits per heavy atom. The van der Waals surface area contributed by atoms with E-state index in [0.29, 0.717) is 17.3 Å². The van der Waals surface area contributed by atoms with Crippen molar-refractivity contribution >= 4 is 5.91 Å². The minimum atomic E-state index is -0.0646. The number of aryl methyl sites for hydroxylation is 1. The minimum absolute atomic E-state index is 0.0646. The molecule has 0 radical (unpaired) electrons. The van der Waals surface area contributed by atoms with Crippen molar-refractivity contribution in [1.82, 2.24) is 25.1 Å². The van der Waals surface area contributed by atoms with Crippen LogP contribution in [-0.2, 0) is 0 Å². The van der Waals surface area contributed by atoms with Crippen LogP contribution in [0.3, 0.4) is 0 Å². The van der Waals surface area contributed by atoms with Gasteiger partial charge < -0.3 is 14.3 Å². The fraction of sp³-hybridized carbons (Fsp3) is 0.333. The van der Waals surface area contributed by atoms with E-state index in [-0.39, 0.29) is 18.0 Å². The van der Waals surface area contributed by atoms with Crippen molar-refractivity contribution in [2.45, 2.75) is 38.3 Å². The number of aromatic nitrogens is 4. The summed E-state index contributed by atoms with van der Waals surface area (Å²) in [6.07, 6.45) is 8.68. The third-order valence-corrected chi connectivity index (χ3v) is 4.62. The fourth-order valence-corrected chi connectivity index (χ4v) is 3.36. The second-order valence-corrected chi connectivity index (χ2v) is 6.29. The van der Waals surface area contributed by atoms with Gasteiger partial charge in [0.2, 0.25) is 11.8 Å². The Kier molecular flexibility index (Phi) is 4.05. The highest BCUT2D eigenvalue weighted by Gasteiger charge is 2.29. The van der Waals surface area contributed by atoms with Crippen molar-refractivity contribution in [3.05, 3.63) is 54.4 Å². The average molecular weight is 337 g/mol. The predicted molar refractivity (Wildman–Crippen MR) is 90.8 cm³/mol. The third-order valence-electron chi connectivity index (χ3n) is 4.62. The number of hydrogen-bond donors (Lipinski definition) is 1. The van der Waals surface area contributed by atoms with E-state index in [0.717, 1.165) is 24.8 Å². The van der Waals surface area contributed by atoms with Crippen LogP contribution in [0.15, 0.2) is 47.4 Å². The molecule has 1 amide bonds. The van der Waals surface area contributed by atoms with E-state index in [1.165, 1.54) is 0 Å². The summed E-state index contributed by atoms with van der Waals surface area (Å²) in [5, 5.41) is 11.0. The van der Waals surface area contributed by atoms with E-state index in [2.05, 4.69) is 25.1 Å². The molecular formula is C18H19N5O2. The maximum atomic E-state index is 12.6. The molecule has 0 unspecified atom stereocenters. The lowest BCUT2D eigenvalue weighted by molar-refractivity contribution is 0.0929. The molecule has 2 heterocycles. The van der Waals surface area contributed by atoms with Crippen molar-refractivity contribution in [3.8, 4) is 11.5 Å². The standard InChI is InChI=1S/C18H19N5O2/c1-12-21-22-18(25-12)14-7-5-13(6-8-14)17(24)20-15-3-2-4-16(15)23-10-9-19-11-23/h5-11,15-16H,2-4H2,1H3,(H,20,24)/t15-,16+/m1/s1. The molecule has 1 N–H and O–H groups in total. The Morgan fingerprint density at radius 2 is 2.08 bits per heavy atom. The van der Waals surface area contributed by atoms with Crippen LogP contribution in [0.5, 0.6) is 0 Å². The largest absolute Gasteiger partial charge is 0.421 e. The molecule has 0 aliphatic heterocycles. The van der Waals surface area contributed by atoms with E-state index in [9.17, 15) is 4.79 Å². The Bertz CT molecular complexity index is 854. The molecule has 25 heavy (non-hydrogen) atoms. The molecule has 1 aliphatic carbocycles. The highest BCUT2D eigenvalue weighted by atomic mass is 16.4. The minimum Gasteiger partial charge on any atom is -0.421 e. The number of amides is 1. The summed E-state index contributed by atoms with van der Waals surface area (Å²) < 4.78 is 7.48. The van der Waals surface area contributed by atoms with Crippen molar-refractivity contribution in [2.75, 3.05) is 0 Å². The summed E-state index contributed by atoms with van der Waals surface area (Å²) in [6, 6.07) is 7.61. The van der Waals surface area contributed by atoms with Gasteiger partial charge in [-0.1, -0.05) is 0 Å². The normalized spacial score (nSPS) is 19.9. The Balaban J connectivity index is 1.46. The first kappa shape index (κ1) is 15.6. The fourth-order valence-electron chi connectivity index (χ4n) is 3.36. The zero-order chi connectivity index (χ0) is 17.2. The van der Waals surface area contributed by atoms with Gasteiger partial charge in [0.25, 0.3) is 5.91 Å². The summed E-state index contributed by atoms with van der Waals surface area (Å²) in [4.78, 5) is 16.7. The summed E-state index contributed by atoms with van der Waals surface area (Å²) in [7, 11) is 0. The maximum absolute atomic E-state index is 12.6. The number of carbonyl (C=O) groups excluding carboxylic acids is 1. The van der Waals surface area contributed by atoms with Gasteiger partial charge in [-0.15, -0.1) is 10.2 Å². The summed E-state index contributed by atoms with van der Waals surface area (Å²) in [5.41, 5.74) is 1.42. The SMILES string of the molecule is Cc1nnc(-c2ccc(C(=O)N[C@@H]3CCC[C@@H]3n3ccnc3)cc2)o1. The van der Waals surface area contributed by atoms with Gasteiger partial charge in [-0.2, -0.15) is 0 Å². The number of benzene rings is 1. The van der Waals surface area contributed by atoms with Crippen molar-refractivity contribution in [2.24, 2.45) is 0 Å². The van der Waals surface area contributed by atoms with E-state index in [4.69, 9.17) is 4.42 Å². The maximum Gasteiger partial charge on any atom is 0.251 e. The molecule has 0 bridgehead atoms. The molecule has 1 saturated carbocycles. The lowest BCUT2D eigenvalue weighted by Gasteiger charge is -2.22. The van der Waals surface area contributed by atoms with Crippen LogP contribution in [0.4, 0.5) is 0 Å². The van der Waals surface area contributed by atoms with Gasteiger partial charge in [0.1, 0.15) is 0 Å². The molecule has 0 spiro atoms. The van der Waals surface area contributed by atoms with Crippen LogP contribution in [0.1, 0.15) is 41.6 Å². The Hall–Kier alpha value is -2.96. The first-order valence-electron chi connectivity index (χ1n) is 8.39. The number of imidazole rings is 1. The van der Waals surface area contributed by atoms with Crippen LogP contribution in [-0.4, -0.2) is 31.7 Å². The van der Waals surface area contributed by atoms with Gasteiger partial charge in [-0.3, -0.25) is 4.79 Å². The van der Waals surface area contributed by atoms with E-state index >= 15 is 0 Å². The number of nitrogens with zero attached hydrogens (tertiary/aromatic N) is 4. The molecule has 1 aromatic carbocycles. The monoisotopic (exact) mass is 337 g/mol. The second kappa shape index (κ2) is 6.51. The molecular weight excluding hydrogens is 318 g/mol. The lowest BCUT2D eigenvalue weighted by atomic mass is 10.1. The quantitative estimate of drug-likeness (QED) is 0.791. The average Bonchev–Trinajstić information content (AvgIpc) is 3.36. The van der Waals surface area contributed by atoms with Crippen LogP contribution >= 0.6 is 0 Å². The molecule has 1 aliphatic rings. The molecule has 4 rings (SSSR count). The first-order chi connectivity index (χ1) is 12.2. The van der Waals surface area contributed by atoms with Crippen LogP contribution < -0.4 is 5.32 Å². The van der Waals surface area contributed by atoms with Gasteiger partial charge >= 0.3 is 0 Å². The smallest absolute Gasteiger partial charge is 0.251 e. The zero-order valence-electron chi connectivity index (χ0n) is 13.9. The third kappa shape index (κ3) is 3.17. The molecule has 2 aromatic heterocycles. The van der Waals surface area contributed by atoms with Crippen LogP contribution in [0.2, 0.25) is 0 Å². The molecule has 128 valence electrons. The topological polar surface area (TPSA) is 85.8 Å². The van der Waals surface area contributed by atoms with Gasteiger partial charge in [0, 0.05) is 36.5 Å². The lowest BCUT2D eigenvalue weighted by Crippen LogP contribution is -2.38. The molecule has 0 saturated heterocycles. The van der Waals surface area contributed by atoms with Crippen molar-refractivity contribution < 1.29 is 9.21 Å². The number of rotatable bonds is 4. The van der Waals surface area contributed by atoms with Crippen LogP contribution in [0.25, 0.3) is 11.5 Å². The van der Waals surface area contributed by atoms with Crippen LogP contribution in [0, 0.1) is 6.92 Å². The second-order valence-electron chi connectivity index (χ2n) is 6.29. The van der Waals surface area contributed by atoms with Crippen molar-refractivity contribution in [3.63, 3.8) is 0 Å². The van der Waals surface area contributed by atoms with E-state index in [1.54, 1.807) is 25.3 Å². The summed E-state index contributed by atoms with van der Waals surface area (Å²) in [6.45, 7) is 1.75. The van der Waals surface area contributed by atoms with E-state index < -0.39 is 0 Å². The molecule has 1 fully saturated rings. The highest BCUT2D eigenvalue weighted by molar-refractivity contribution is 5.94. The Labute approximate surface area is 145 Å². The molecule has 7 heteroatoms. The first-order valence-corrected chi connectivity index (χ1v) is 8.39. The number of nitrogens with one attached hydrogen (secondary N) is 1. The highest BCUT2D eigenvalue weighted by Crippen LogP contribution is 2.30. The number of hydrogen-bond acceptors (Lipinski definition) is 5. The van der Waals surface area contributed by atoms with Gasteiger partial charge in [0.15, 0.2) is 0 Å². The predicted octanol–water partition coefficient (Wildman–Crippen LogP) is 2.77. The summed E-state index contributed by atoms with van der Waals surface area (Å²) >= 11 is 0. The molecule has 3 aromatic rings. The Morgan fingerprint density at radius 3 is 2.76 bits per heavy atom. The zero-order valence-corrected chi connectivity index (χ0v) is 13.9. The van der Waals surface area contributed by atoms with Gasteiger partial charge in [-0.05, 0) is 43.5 Å². The summed E-state index contributed by atoms with van der Waals surface area (Å²) in [5.74, 6) is 0.911. The van der Waals surface area contributed by atoms with Crippen molar-refractivity contribution in [1.29, 1.82) is 0 Å². The molecule has 2 atom stereocenters. The molecule has 7 nitrogen and oxygen atoms in total. The van der Waals surface area contributed by atoms with E-state index in [1.807, 2.05) is 24.7 Å². The van der Waals surface area contributed by atoms with Gasteiger partial charge in [-0.25, -0.2) is 4.98 Å². The van der Waals surface area contributed by atoms with Gasteiger partial charge in [0.05, 0.1) is 12.4 Å². The number of carbonyl (C=O) groups is 1.